The van der Waals surface area contributed by atoms with Crippen LogP contribution in [0.2, 0.25) is 0 Å². The van der Waals surface area contributed by atoms with E-state index in [2.05, 4.69) is 35.9 Å². The number of aryl methyl sites for hydroxylation is 1. The summed E-state index contributed by atoms with van der Waals surface area (Å²) >= 11 is 0. The Bertz CT molecular complexity index is 1160. The number of methoxy groups -OCH3 is 1. The lowest BCUT2D eigenvalue weighted by Crippen LogP contribution is -2.14. The second kappa shape index (κ2) is 8.99. The van der Waals surface area contributed by atoms with Crippen LogP contribution in [0.5, 0.6) is 6.01 Å². The summed E-state index contributed by atoms with van der Waals surface area (Å²) in [6.07, 6.45) is -3.42. The van der Waals surface area contributed by atoms with Crippen molar-refractivity contribution in [2.75, 3.05) is 23.1 Å². The third-order valence-electron chi connectivity index (χ3n) is 3.97. The van der Waals surface area contributed by atoms with Gasteiger partial charge in [-0.1, -0.05) is 6.07 Å². The highest BCUT2D eigenvalue weighted by molar-refractivity contribution is 5.93. The van der Waals surface area contributed by atoms with Crippen LogP contribution in [0.4, 0.5) is 46.5 Å². The summed E-state index contributed by atoms with van der Waals surface area (Å²) in [4.78, 5) is 26.2. The van der Waals surface area contributed by atoms with E-state index in [0.717, 1.165) is 11.8 Å². The number of nitrogens with zero attached hydrogens (tertiary/aromatic N) is 4. The van der Waals surface area contributed by atoms with Crippen molar-refractivity contribution in [3.8, 4) is 6.01 Å². The number of aromatic nitrogens is 4. The molecule has 3 aromatic rings. The van der Waals surface area contributed by atoms with Crippen molar-refractivity contribution in [1.29, 1.82) is 0 Å². The molecule has 32 heavy (non-hydrogen) atoms. The predicted molar refractivity (Wildman–Crippen MR) is 108 cm³/mol. The number of carbonyl (C=O) groups excluding carboxylic acids is 1. The molecular formula is C19H17F4N7O2. The first-order chi connectivity index (χ1) is 15.1. The van der Waals surface area contributed by atoms with Crippen molar-refractivity contribution < 1.29 is 27.1 Å². The number of anilines is 5. The molecule has 0 aliphatic heterocycles. The number of nitrogens with one attached hydrogen (secondary N) is 3. The number of benzene rings is 1. The van der Waals surface area contributed by atoms with Crippen molar-refractivity contribution in [3.63, 3.8) is 0 Å². The second-order valence-corrected chi connectivity index (χ2v) is 6.49. The number of amides is 1. The Morgan fingerprint density at radius 3 is 2.44 bits per heavy atom. The van der Waals surface area contributed by atoms with Gasteiger partial charge in [0.2, 0.25) is 11.9 Å². The average molecular weight is 451 g/mol. The molecule has 13 heteroatoms. The molecule has 0 unspecified atom stereocenters. The normalized spacial score (nSPS) is 11.1. The molecule has 3 rings (SSSR count). The SMILES string of the molecule is COc1ncc(F)c(Nc2ncc(C(F)(F)F)c(Nc3ccc(C)cc3NC(C)=O)n2)n1. The van der Waals surface area contributed by atoms with Crippen molar-refractivity contribution in [2.45, 2.75) is 20.0 Å². The molecule has 0 fully saturated rings. The Kier molecular flexibility index (Phi) is 6.37. The van der Waals surface area contributed by atoms with Gasteiger partial charge in [0.05, 0.1) is 24.7 Å². The van der Waals surface area contributed by atoms with Crippen LogP contribution in [0.3, 0.4) is 0 Å². The smallest absolute Gasteiger partial charge is 0.421 e. The molecular weight excluding hydrogens is 434 g/mol. The Morgan fingerprint density at radius 2 is 1.78 bits per heavy atom. The van der Waals surface area contributed by atoms with Crippen LogP contribution in [0.1, 0.15) is 18.1 Å². The fourth-order valence-corrected chi connectivity index (χ4v) is 2.58. The highest BCUT2D eigenvalue weighted by Crippen LogP contribution is 2.37. The van der Waals surface area contributed by atoms with E-state index in [4.69, 9.17) is 4.74 Å². The molecule has 1 amide bonds. The third-order valence-corrected chi connectivity index (χ3v) is 3.97. The number of hydrogen-bond donors (Lipinski definition) is 3. The van der Waals surface area contributed by atoms with Gasteiger partial charge in [-0.25, -0.2) is 14.4 Å². The average Bonchev–Trinajstić information content (AvgIpc) is 2.70. The molecule has 0 saturated heterocycles. The Hall–Kier alpha value is -4.03. The minimum Gasteiger partial charge on any atom is -0.467 e. The number of carbonyl (C=O) groups is 1. The van der Waals surface area contributed by atoms with E-state index in [-0.39, 0.29) is 23.3 Å². The summed E-state index contributed by atoms with van der Waals surface area (Å²) in [5, 5.41) is 7.51. The van der Waals surface area contributed by atoms with Gasteiger partial charge in [-0.15, -0.1) is 0 Å². The van der Waals surface area contributed by atoms with E-state index < -0.39 is 35.1 Å². The van der Waals surface area contributed by atoms with Gasteiger partial charge in [0, 0.05) is 13.1 Å². The summed E-state index contributed by atoms with van der Waals surface area (Å²) in [6, 6.07) is 4.55. The van der Waals surface area contributed by atoms with Gasteiger partial charge in [0.1, 0.15) is 11.4 Å². The van der Waals surface area contributed by atoms with Gasteiger partial charge in [0.15, 0.2) is 11.6 Å². The molecule has 0 atom stereocenters. The van der Waals surface area contributed by atoms with E-state index in [1.165, 1.54) is 20.1 Å². The molecule has 0 radical (unpaired) electrons. The lowest BCUT2D eigenvalue weighted by Gasteiger charge is -2.17. The Morgan fingerprint density at radius 1 is 1.03 bits per heavy atom. The maximum atomic E-state index is 14.0. The molecule has 3 N–H and O–H groups in total. The van der Waals surface area contributed by atoms with Gasteiger partial charge in [-0.05, 0) is 24.6 Å². The monoisotopic (exact) mass is 451 g/mol. The fourth-order valence-electron chi connectivity index (χ4n) is 2.58. The summed E-state index contributed by atoms with van der Waals surface area (Å²) in [6.45, 7) is 3.03. The van der Waals surface area contributed by atoms with Gasteiger partial charge >= 0.3 is 12.2 Å². The van der Waals surface area contributed by atoms with Gasteiger partial charge in [-0.2, -0.15) is 23.1 Å². The molecule has 2 heterocycles. The summed E-state index contributed by atoms with van der Waals surface area (Å²) < 4.78 is 59.4. The van der Waals surface area contributed by atoms with Crippen LogP contribution >= 0.6 is 0 Å². The molecule has 0 saturated carbocycles. The first kappa shape index (κ1) is 22.7. The predicted octanol–water partition coefficient (Wildman–Crippen LogP) is 4.19. The van der Waals surface area contributed by atoms with E-state index in [1.807, 2.05) is 0 Å². The van der Waals surface area contributed by atoms with Crippen molar-refractivity contribution in [2.24, 2.45) is 0 Å². The third kappa shape index (κ3) is 5.36. The van der Waals surface area contributed by atoms with Crippen LogP contribution in [0.25, 0.3) is 0 Å². The quantitative estimate of drug-likeness (QED) is 0.478. The Labute approximate surface area is 179 Å². The first-order valence-electron chi connectivity index (χ1n) is 9.00. The zero-order valence-corrected chi connectivity index (χ0v) is 17.0. The maximum absolute atomic E-state index is 14.0. The van der Waals surface area contributed by atoms with Crippen LogP contribution in [0, 0.1) is 12.7 Å². The number of ether oxygens (including phenoxy) is 1. The lowest BCUT2D eigenvalue weighted by molar-refractivity contribution is -0.137. The largest absolute Gasteiger partial charge is 0.467 e. The molecule has 1 aromatic carbocycles. The summed E-state index contributed by atoms with van der Waals surface area (Å²) in [5.41, 5.74) is 0.0212. The standard InChI is InChI=1S/C19H17F4N7O2/c1-9-4-5-13(14(6-9)26-10(2)31)27-15-11(19(21,22)23)7-24-17(28-15)29-16-12(20)8-25-18(30-16)32-3/h4-8H,1-3H3,(H,26,31)(H2,24,25,27,28,29,30). The molecule has 0 aliphatic rings. The number of alkyl halides is 3. The second-order valence-electron chi connectivity index (χ2n) is 6.49. The van der Waals surface area contributed by atoms with Gasteiger partial charge < -0.3 is 20.7 Å². The Balaban J connectivity index is 2.02. The van der Waals surface area contributed by atoms with Crippen LogP contribution in [-0.2, 0) is 11.0 Å². The van der Waals surface area contributed by atoms with Crippen molar-refractivity contribution >= 4 is 34.9 Å². The number of rotatable bonds is 6. The van der Waals surface area contributed by atoms with Crippen molar-refractivity contribution in [1.82, 2.24) is 19.9 Å². The van der Waals surface area contributed by atoms with Crippen LogP contribution in [0.15, 0.2) is 30.6 Å². The van der Waals surface area contributed by atoms with E-state index in [1.54, 1.807) is 19.1 Å². The minimum atomic E-state index is -4.79. The maximum Gasteiger partial charge on any atom is 0.421 e. The van der Waals surface area contributed by atoms with Crippen LogP contribution < -0.4 is 20.7 Å². The topological polar surface area (TPSA) is 114 Å². The molecule has 9 nitrogen and oxygen atoms in total. The minimum absolute atomic E-state index is 0.163. The first-order valence-corrected chi connectivity index (χ1v) is 9.00. The molecule has 168 valence electrons. The van der Waals surface area contributed by atoms with E-state index in [0.29, 0.717) is 6.20 Å². The molecule has 0 bridgehead atoms. The summed E-state index contributed by atoms with van der Waals surface area (Å²) in [5.74, 6) is -2.68. The number of halogens is 4. The van der Waals surface area contributed by atoms with Gasteiger partial charge in [-0.3, -0.25) is 4.79 Å². The number of hydrogen-bond acceptors (Lipinski definition) is 8. The highest BCUT2D eigenvalue weighted by Gasteiger charge is 2.35. The van der Waals surface area contributed by atoms with Crippen molar-refractivity contribution in [3.05, 3.63) is 47.5 Å². The fraction of sp³-hybridized carbons (Fsp3) is 0.211. The van der Waals surface area contributed by atoms with E-state index >= 15 is 0 Å². The molecule has 0 aliphatic carbocycles. The summed E-state index contributed by atoms with van der Waals surface area (Å²) in [7, 11) is 1.27. The highest BCUT2D eigenvalue weighted by atomic mass is 19.4. The molecule has 2 aromatic heterocycles. The zero-order valence-electron chi connectivity index (χ0n) is 17.0. The van der Waals surface area contributed by atoms with Gasteiger partial charge in [0.25, 0.3) is 0 Å². The lowest BCUT2D eigenvalue weighted by atomic mass is 10.1. The molecule has 0 spiro atoms. The van der Waals surface area contributed by atoms with Crippen LogP contribution in [-0.4, -0.2) is 33.0 Å². The zero-order chi connectivity index (χ0) is 23.5. The van der Waals surface area contributed by atoms with E-state index in [9.17, 15) is 22.4 Å².